The van der Waals surface area contributed by atoms with Gasteiger partial charge in [0.05, 0.1) is 18.5 Å². The van der Waals surface area contributed by atoms with Crippen molar-refractivity contribution >= 4 is 11.9 Å². The van der Waals surface area contributed by atoms with Crippen molar-refractivity contribution < 1.29 is 19.5 Å². The van der Waals surface area contributed by atoms with E-state index in [1.54, 1.807) is 30.6 Å². The molecule has 1 heterocycles. The number of hydrogen-bond acceptors (Lipinski definition) is 4. The quantitative estimate of drug-likeness (QED) is 0.552. The van der Waals surface area contributed by atoms with Crippen LogP contribution >= 0.6 is 0 Å². The molecular formula is C14H21N3O4. The molecule has 21 heavy (non-hydrogen) atoms. The third-order valence-electron chi connectivity index (χ3n) is 3.72. The minimum absolute atomic E-state index is 0.0579. The Kier molecular flexibility index (Phi) is 4.52. The lowest BCUT2D eigenvalue weighted by atomic mass is 9.94. The number of nitrogens with zero attached hydrogens (tertiary/aromatic N) is 2. The molecule has 0 bridgehead atoms. The van der Waals surface area contributed by atoms with Crippen LogP contribution in [-0.4, -0.2) is 60.2 Å². The molecule has 0 spiro atoms. The van der Waals surface area contributed by atoms with Gasteiger partial charge in [-0.05, 0) is 19.4 Å². The zero-order chi connectivity index (χ0) is 15.6. The summed E-state index contributed by atoms with van der Waals surface area (Å²) in [5.41, 5.74) is 2.56. The van der Waals surface area contributed by atoms with Crippen LogP contribution in [0.1, 0.15) is 13.3 Å². The highest BCUT2D eigenvalue weighted by Crippen LogP contribution is 2.28. The molecule has 1 aliphatic carbocycles. The van der Waals surface area contributed by atoms with Crippen LogP contribution in [0.3, 0.4) is 0 Å². The third-order valence-corrected chi connectivity index (χ3v) is 3.72. The standard InChI is InChI=1S/C14H21N3O4/c1-9-8-21-12-6-10(13(18)15-20)4-5-11(12)7-17(9)14(19)16(2)3/h5-6,9-10,20H,4,7-8H2,1-3H3,(H,15,18)/t9-,10?/m0/s1. The second kappa shape index (κ2) is 6.17. The van der Waals surface area contributed by atoms with Crippen molar-refractivity contribution in [3.63, 3.8) is 0 Å². The van der Waals surface area contributed by atoms with E-state index in [0.29, 0.717) is 25.3 Å². The van der Waals surface area contributed by atoms with Gasteiger partial charge in [-0.1, -0.05) is 6.08 Å². The van der Waals surface area contributed by atoms with Crippen molar-refractivity contribution in [1.82, 2.24) is 15.3 Å². The van der Waals surface area contributed by atoms with Gasteiger partial charge in [-0.15, -0.1) is 0 Å². The predicted octanol–water partition coefficient (Wildman–Crippen LogP) is 0.724. The molecule has 0 aromatic rings. The van der Waals surface area contributed by atoms with E-state index in [0.717, 1.165) is 5.57 Å². The molecule has 116 valence electrons. The van der Waals surface area contributed by atoms with E-state index in [1.165, 1.54) is 4.90 Å². The SMILES string of the molecule is C[C@H]1COC2=CC(C(=O)NO)CC=C2CN1C(=O)N(C)C. The maximum absolute atomic E-state index is 12.2. The molecular weight excluding hydrogens is 274 g/mol. The molecule has 2 N–H and O–H groups in total. The minimum Gasteiger partial charge on any atom is -0.491 e. The molecule has 0 radical (unpaired) electrons. The van der Waals surface area contributed by atoms with Crippen LogP contribution in [0.25, 0.3) is 0 Å². The van der Waals surface area contributed by atoms with Crippen LogP contribution in [0.2, 0.25) is 0 Å². The van der Waals surface area contributed by atoms with Crippen LogP contribution in [0.5, 0.6) is 0 Å². The van der Waals surface area contributed by atoms with Crippen molar-refractivity contribution in [2.45, 2.75) is 19.4 Å². The van der Waals surface area contributed by atoms with Gasteiger partial charge in [0.25, 0.3) is 5.91 Å². The van der Waals surface area contributed by atoms with E-state index < -0.39 is 11.8 Å². The first kappa shape index (κ1) is 15.4. The van der Waals surface area contributed by atoms with Crippen molar-refractivity contribution in [2.24, 2.45) is 5.92 Å². The fraction of sp³-hybridized carbons (Fsp3) is 0.571. The second-order valence-electron chi connectivity index (χ2n) is 5.54. The highest BCUT2D eigenvalue weighted by atomic mass is 16.5. The van der Waals surface area contributed by atoms with Crippen LogP contribution in [0, 0.1) is 5.92 Å². The van der Waals surface area contributed by atoms with Gasteiger partial charge in [0.2, 0.25) is 0 Å². The Bertz CT molecular complexity index is 498. The summed E-state index contributed by atoms with van der Waals surface area (Å²) in [5, 5.41) is 8.71. The van der Waals surface area contributed by atoms with Gasteiger partial charge in [-0.2, -0.15) is 0 Å². The number of urea groups is 1. The van der Waals surface area contributed by atoms with Gasteiger partial charge in [0.15, 0.2) is 0 Å². The summed E-state index contributed by atoms with van der Waals surface area (Å²) in [7, 11) is 3.43. The van der Waals surface area contributed by atoms with E-state index in [4.69, 9.17) is 9.94 Å². The third kappa shape index (κ3) is 3.18. The number of ether oxygens (including phenoxy) is 1. The van der Waals surface area contributed by atoms with Gasteiger partial charge in [-0.25, -0.2) is 10.3 Å². The highest BCUT2D eigenvalue weighted by Gasteiger charge is 2.31. The van der Waals surface area contributed by atoms with Crippen LogP contribution in [-0.2, 0) is 9.53 Å². The summed E-state index contributed by atoms with van der Waals surface area (Å²) in [6.45, 7) is 2.76. The maximum Gasteiger partial charge on any atom is 0.320 e. The summed E-state index contributed by atoms with van der Waals surface area (Å²) >= 11 is 0. The molecule has 3 amide bonds. The lowest BCUT2D eigenvalue weighted by molar-refractivity contribution is -0.131. The monoisotopic (exact) mass is 295 g/mol. The lowest BCUT2D eigenvalue weighted by Crippen LogP contribution is -2.45. The molecule has 7 heteroatoms. The average Bonchev–Trinajstić information content (AvgIpc) is 2.64. The number of nitrogens with one attached hydrogen (secondary N) is 1. The smallest absolute Gasteiger partial charge is 0.320 e. The molecule has 2 atom stereocenters. The van der Waals surface area contributed by atoms with Crippen molar-refractivity contribution in [3.05, 3.63) is 23.5 Å². The molecule has 2 rings (SSSR count). The molecule has 1 fully saturated rings. The van der Waals surface area contributed by atoms with E-state index >= 15 is 0 Å². The Balaban J connectivity index is 2.19. The molecule has 0 aromatic carbocycles. The summed E-state index contributed by atoms with van der Waals surface area (Å²) in [5.74, 6) is -0.282. The van der Waals surface area contributed by atoms with E-state index in [2.05, 4.69) is 0 Å². The highest BCUT2D eigenvalue weighted by molar-refractivity contribution is 5.80. The summed E-state index contributed by atoms with van der Waals surface area (Å²) in [6, 6.07) is -0.124. The Hall–Kier alpha value is -2.02. The fourth-order valence-corrected chi connectivity index (χ4v) is 2.43. The summed E-state index contributed by atoms with van der Waals surface area (Å²) in [4.78, 5) is 27.0. The molecule has 2 aliphatic rings. The average molecular weight is 295 g/mol. The largest absolute Gasteiger partial charge is 0.491 e. The first-order valence-electron chi connectivity index (χ1n) is 6.90. The molecule has 1 saturated heterocycles. The van der Waals surface area contributed by atoms with Crippen LogP contribution in [0.4, 0.5) is 4.79 Å². The topological polar surface area (TPSA) is 82.1 Å². The molecule has 0 saturated carbocycles. The molecule has 1 aliphatic heterocycles. The number of rotatable bonds is 1. The van der Waals surface area contributed by atoms with E-state index in [1.807, 2.05) is 13.0 Å². The Morgan fingerprint density at radius 3 is 2.81 bits per heavy atom. The minimum atomic E-state index is -0.458. The molecule has 7 nitrogen and oxygen atoms in total. The second-order valence-corrected chi connectivity index (χ2v) is 5.54. The number of allylic oxidation sites excluding steroid dienone is 1. The van der Waals surface area contributed by atoms with E-state index in [9.17, 15) is 9.59 Å². The van der Waals surface area contributed by atoms with Gasteiger partial charge in [0.1, 0.15) is 12.4 Å². The Morgan fingerprint density at radius 2 is 2.19 bits per heavy atom. The fourth-order valence-electron chi connectivity index (χ4n) is 2.43. The normalized spacial score (nSPS) is 24.9. The number of carbonyl (C=O) groups excluding carboxylic acids is 2. The number of carbonyl (C=O) groups is 2. The predicted molar refractivity (Wildman–Crippen MR) is 75.4 cm³/mol. The lowest BCUT2D eigenvalue weighted by Gasteiger charge is -2.29. The maximum atomic E-state index is 12.2. The number of hydroxylamine groups is 1. The molecule has 1 unspecified atom stereocenters. The number of amides is 3. The molecule has 0 aromatic heterocycles. The number of fused-ring (bicyclic) bond motifs is 1. The van der Waals surface area contributed by atoms with E-state index in [-0.39, 0.29) is 12.1 Å². The van der Waals surface area contributed by atoms with Crippen LogP contribution < -0.4 is 5.48 Å². The van der Waals surface area contributed by atoms with Crippen LogP contribution in [0.15, 0.2) is 23.5 Å². The number of hydrogen-bond donors (Lipinski definition) is 2. The Labute approximate surface area is 123 Å². The van der Waals surface area contributed by atoms with Crippen molar-refractivity contribution in [3.8, 4) is 0 Å². The summed E-state index contributed by atoms with van der Waals surface area (Å²) < 4.78 is 5.72. The van der Waals surface area contributed by atoms with Crippen molar-refractivity contribution in [2.75, 3.05) is 27.2 Å². The van der Waals surface area contributed by atoms with Gasteiger partial charge in [0, 0.05) is 19.7 Å². The summed E-state index contributed by atoms with van der Waals surface area (Å²) in [6.07, 6.45) is 4.08. The zero-order valence-corrected chi connectivity index (χ0v) is 12.5. The van der Waals surface area contributed by atoms with Gasteiger partial charge in [-0.3, -0.25) is 10.0 Å². The zero-order valence-electron chi connectivity index (χ0n) is 12.5. The first-order chi connectivity index (χ1) is 9.93. The van der Waals surface area contributed by atoms with Gasteiger partial charge < -0.3 is 14.5 Å². The van der Waals surface area contributed by atoms with Gasteiger partial charge >= 0.3 is 6.03 Å². The first-order valence-corrected chi connectivity index (χ1v) is 6.90. The Morgan fingerprint density at radius 1 is 1.48 bits per heavy atom. The van der Waals surface area contributed by atoms with Crippen molar-refractivity contribution in [1.29, 1.82) is 0 Å².